The van der Waals surface area contributed by atoms with Gasteiger partial charge >= 0.3 is 5.97 Å². The molecule has 4 rings (SSSR count). The number of hydrazine groups is 1. The van der Waals surface area contributed by atoms with E-state index in [0.29, 0.717) is 11.3 Å². The van der Waals surface area contributed by atoms with Gasteiger partial charge in [0.25, 0.3) is 0 Å². The maximum Gasteiger partial charge on any atom is 0.308 e. The molecule has 2 N–H and O–H groups in total. The number of carbonyl (C=O) groups is 2. The number of esters is 1. The first kappa shape index (κ1) is 21.0. The summed E-state index contributed by atoms with van der Waals surface area (Å²) in [5, 5.41) is 13.3. The van der Waals surface area contributed by atoms with Gasteiger partial charge in [0.2, 0.25) is 5.91 Å². The van der Waals surface area contributed by atoms with Gasteiger partial charge in [-0.1, -0.05) is 66.7 Å². The lowest BCUT2D eigenvalue weighted by Gasteiger charge is -2.28. The molecule has 0 spiro atoms. The molecule has 1 fully saturated rings. The summed E-state index contributed by atoms with van der Waals surface area (Å²) < 4.78 is 5.48. The van der Waals surface area contributed by atoms with Crippen LogP contribution in [0, 0.1) is 0 Å². The van der Waals surface area contributed by atoms with Crippen LogP contribution in [0.2, 0.25) is 0 Å². The average Bonchev–Trinajstić information content (AvgIpc) is 3.15. The first-order chi connectivity index (χ1) is 15.0. The lowest BCUT2D eigenvalue weighted by Crippen LogP contribution is -2.37. The van der Waals surface area contributed by atoms with Crippen LogP contribution >= 0.6 is 7.92 Å². The van der Waals surface area contributed by atoms with E-state index >= 15 is 0 Å². The van der Waals surface area contributed by atoms with Gasteiger partial charge < -0.3 is 9.84 Å². The summed E-state index contributed by atoms with van der Waals surface area (Å²) in [6, 6.07) is 24.4. The van der Waals surface area contributed by atoms with Crippen LogP contribution in [0.3, 0.4) is 0 Å². The molecule has 31 heavy (non-hydrogen) atoms. The third kappa shape index (κ3) is 4.18. The molecule has 0 saturated carbocycles. The Morgan fingerprint density at radius 2 is 1.52 bits per heavy atom. The highest BCUT2D eigenvalue weighted by Crippen LogP contribution is 2.66. The van der Waals surface area contributed by atoms with Crippen LogP contribution in [0.1, 0.15) is 36.5 Å². The number of aromatic hydroxyl groups is 1. The second-order valence-corrected chi connectivity index (χ2v) is 9.56. The molecular weight excluding hydrogens is 411 g/mol. The predicted molar refractivity (Wildman–Crippen MR) is 120 cm³/mol. The molecule has 3 aromatic rings. The Labute approximate surface area is 182 Å². The van der Waals surface area contributed by atoms with Crippen molar-refractivity contribution >= 4 is 25.1 Å². The molecule has 1 aliphatic rings. The number of carbonyl (C=O) groups excluding carboxylic acids is 2. The van der Waals surface area contributed by atoms with Gasteiger partial charge in [-0.3, -0.25) is 14.6 Å². The van der Waals surface area contributed by atoms with Crippen molar-refractivity contribution in [2.45, 2.75) is 25.4 Å². The molecule has 6 nitrogen and oxygen atoms in total. The van der Waals surface area contributed by atoms with Gasteiger partial charge in [0.1, 0.15) is 17.3 Å². The highest BCUT2D eigenvalue weighted by Gasteiger charge is 2.46. The summed E-state index contributed by atoms with van der Waals surface area (Å²) in [5.74, 6) is -0.678. The van der Waals surface area contributed by atoms with Crippen LogP contribution < -0.4 is 15.5 Å². The zero-order valence-electron chi connectivity index (χ0n) is 17.2. The zero-order chi connectivity index (χ0) is 22.0. The second-order valence-electron chi connectivity index (χ2n) is 7.23. The molecule has 3 aromatic carbocycles. The van der Waals surface area contributed by atoms with Gasteiger partial charge in [-0.2, -0.15) is 0 Å². The molecule has 1 amide bonds. The van der Waals surface area contributed by atoms with Crippen molar-refractivity contribution in [1.29, 1.82) is 0 Å². The number of ether oxygens (including phenoxy) is 1. The van der Waals surface area contributed by atoms with Crippen molar-refractivity contribution in [3.63, 3.8) is 0 Å². The van der Waals surface area contributed by atoms with Crippen molar-refractivity contribution < 1.29 is 19.4 Å². The van der Waals surface area contributed by atoms with Crippen molar-refractivity contribution in [3.8, 4) is 11.5 Å². The fraction of sp³-hybridized carbons (Fsp3) is 0.167. The maximum absolute atomic E-state index is 12.7. The molecule has 1 aliphatic heterocycles. The van der Waals surface area contributed by atoms with E-state index in [9.17, 15) is 14.7 Å². The highest BCUT2D eigenvalue weighted by molar-refractivity contribution is 7.66. The number of phenolic OH excluding ortho intramolecular Hbond substituents is 1. The lowest BCUT2D eigenvalue weighted by atomic mass is 10.2. The first-order valence-electron chi connectivity index (χ1n) is 9.92. The van der Waals surface area contributed by atoms with Crippen LogP contribution in [0.25, 0.3) is 0 Å². The Morgan fingerprint density at radius 3 is 2.16 bits per heavy atom. The summed E-state index contributed by atoms with van der Waals surface area (Å²) in [7, 11) is -1.11. The summed E-state index contributed by atoms with van der Waals surface area (Å²) in [6.45, 7) is 2.87. The van der Waals surface area contributed by atoms with E-state index in [0.717, 1.165) is 10.9 Å². The highest BCUT2D eigenvalue weighted by atomic mass is 31.1. The average molecular weight is 434 g/mol. The Balaban J connectivity index is 1.91. The SMILES string of the molecule is CC(=O)Oc1ccccc1C1NN(C(C)=O)[C@H](c2ccccc2O)[P@]1c1ccccc1. The van der Waals surface area contributed by atoms with Crippen molar-refractivity contribution in [3.05, 3.63) is 90.0 Å². The summed E-state index contributed by atoms with van der Waals surface area (Å²) in [5.41, 5.74) is 4.82. The van der Waals surface area contributed by atoms with E-state index in [-0.39, 0.29) is 17.4 Å². The minimum absolute atomic E-state index is 0.137. The van der Waals surface area contributed by atoms with E-state index in [1.807, 2.05) is 60.7 Å². The van der Waals surface area contributed by atoms with Gasteiger partial charge in [-0.05, 0) is 25.4 Å². The second kappa shape index (κ2) is 8.88. The number of hydrogen-bond donors (Lipinski definition) is 2. The number of rotatable bonds is 4. The molecule has 1 saturated heterocycles. The Hall–Kier alpha value is -3.21. The third-order valence-corrected chi connectivity index (χ3v) is 8.00. The summed E-state index contributed by atoms with van der Waals surface area (Å²) in [4.78, 5) is 24.4. The molecule has 0 bridgehead atoms. The van der Waals surface area contributed by atoms with Gasteiger partial charge in [0, 0.05) is 25.0 Å². The van der Waals surface area contributed by atoms with E-state index < -0.39 is 19.7 Å². The minimum atomic E-state index is -1.11. The third-order valence-electron chi connectivity index (χ3n) is 5.12. The van der Waals surface area contributed by atoms with Crippen LogP contribution in [0.15, 0.2) is 78.9 Å². The smallest absolute Gasteiger partial charge is 0.308 e. The maximum atomic E-state index is 12.7. The standard InChI is InChI=1S/C24H23N2O4P/c1-16(27)26-24(19-12-6-8-14-21(19)29)31(18-10-4-3-5-11-18)23(25-26)20-13-7-9-15-22(20)30-17(2)28/h3-15,23-25,29H,1-2H3/t23?,24-,31+/m0/s1. The van der Waals surface area contributed by atoms with Crippen molar-refractivity contribution in [1.82, 2.24) is 10.4 Å². The van der Waals surface area contributed by atoms with E-state index in [1.54, 1.807) is 23.2 Å². The van der Waals surface area contributed by atoms with Gasteiger partial charge in [-0.25, -0.2) is 5.43 Å². The van der Waals surface area contributed by atoms with E-state index in [4.69, 9.17) is 4.74 Å². The predicted octanol–water partition coefficient (Wildman–Crippen LogP) is 4.19. The lowest BCUT2D eigenvalue weighted by molar-refractivity contribution is -0.133. The molecule has 1 unspecified atom stereocenters. The van der Waals surface area contributed by atoms with E-state index in [1.165, 1.54) is 13.8 Å². The van der Waals surface area contributed by atoms with Crippen molar-refractivity contribution in [2.75, 3.05) is 0 Å². The molecule has 0 aromatic heterocycles. The van der Waals surface area contributed by atoms with Crippen molar-refractivity contribution in [2.24, 2.45) is 0 Å². The number of nitrogens with one attached hydrogen (secondary N) is 1. The van der Waals surface area contributed by atoms with E-state index in [2.05, 4.69) is 5.43 Å². The summed E-state index contributed by atoms with van der Waals surface area (Å²) in [6.07, 6.45) is 0. The fourth-order valence-corrected chi connectivity index (χ4v) is 6.99. The largest absolute Gasteiger partial charge is 0.508 e. The molecule has 0 radical (unpaired) electrons. The molecule has 158 valence electrons. The number of nitrogens with zero attached hydrogens (tertiary/aromatic N) is 1. The number of benzene rings is 3. The number of amides is 1. The molecule has 3 atom stereocenters. The Kier molecular flexibility index (Phi) is 6.03. The minimum Gasteiger partial charge on any atom is -0.508 e. The zero-order valence-corrected chi connectivity index (χ0v) is 18.1. The summed E-state index contributed by atoms with van der Waals surface area (Å²) >= 11 is 0. The van der Waals surface area contributed by atoms with Crippen LogP contribution in [0.5, 0.6) is 11.5 Å². The first-order valence-corrected chi connectivity index (χ1v) is 11.4. The number of para-hydroxylation sites is 2. The fourth-order valence-electron chi connectivity index (χ4n) is 3.85. The van der Waals surface area contributed by atoms with Gasteiger partial charge in [0.15, 0.2) is 0 Å². The van der Waals surface area contributed by atoms with Crippen LogP contribution in [-0.2, 0) is 9.59 Å². The number of hydrogen-bond acceptors (Lipinski definition) is 5. The van der Waals surface area contributed by atoms with Crippen LogP contribution in [-0.4, -0.2) is 22.0 Å². The van der Waals surface area contributed by atoms with Gasteiger partial charge in [-0.15, -0.1) is 0 Å². The molecule has 0 aliphatic carbocycles. The topological polar surface area (TPSA) is 78.9 Å². The number of phenols is 1. The van der Waals surface area contributed by atoms with Crippen LogP contribution in [0.4, 0.5) is 0 Å². The van der Waals surface area contributed by atoms with Gasteiger partial charge in [0.05, 0.1) is 5.78 Å². The Morgan fingerprint density at radius 1 is 0.903 bits per heavy atom. The normalized spacial score (nSPS) is 20.5. The molecule has 7 heteroatoms. The Bertz CT molecular complexity index is 1110. The molecule has 1 heterocycles. The molecular formula is C24H23N2O4P. The quantitative estimate of drug-likeness (QED) is 0.366. The monoisotopic (exact) mass is 434 g/mol.